The molecular formula is C20H22ClFN2O3S. The Bertz CT molecular complexity index is 917. The molecule has 0 spiro atoms. The van der Waals surface area contributed by atoms with Crippen LogP contribution in [0.2, 0.25) is 5.02 Å². The number of carbonyl (C=O) groups excluding carboxylic acids is 1. The van der Waals surface area contributed by atoms with Crippen LogP contribution in [0.3, 0.4) is 0 Å². The minimum absolute atomic E-state index is 0.117. The van der Waals surface area contributed by atoms with Crippen LogP contribution in [0.1, 0.15) is 24.0 Å². The molecule has 2 aromatic rings. The van der Waals surface area contributed by atoms with Gasteiger partial charge in [0.15, 0.2) is 0 Å². The van der Waals surface area contributed by atoms with Gasteiger partial charge in [0.25, 0.3) is 0 Å². The molecule has 2 aromatic carbocycles. The van der Waals surface area contributed by atoms with Crippen molar-refractivity contribution in [1.82, 2.24) is 9.62 Å². The normalized spacial score (nSPS) is 18.0. The van der Waals surface area contributed by atoms with Gasteiger partial charge in [-0.25, -0.2) is 17.1 Å². The van der Waals surface area contributed by atoms with E-state index in [0.717, 1.165) is 5.56 Å². The maximum atomic E-state index is 13.0. The molecule has 1 atom stereocenters. The quantitative estimate of drug-likeness (QED) is 0.773. The number of rotatable bonds is 6. The lowest BCUT2D eigenvalue weighted by molar-refractivity contribution is -0.126. The molecule has 1 aliphatic heterocycles. The second kappa shape index (κ2) is 9.03. The summed E-state index contributed by atoms with van der Waals surface area (Å²) in [5.74, 6) is -1.03. The Kier molecular flexibility index (Phi) is 6.69. The van der Waals surface area contributed by atoms with Gasteiger partial charge in [-0.2, -0.15) is 0 Å². The second-order valence-corrected chi connectivity index (χ2v) is 9.33. The summed E-state index contributed by atoms with van der Waals surface area (Å²) in [5.41, 5.74) is 1.45. The standard InChI is InChI=1S/C20H22ClFN2O3S/c21-18-7-3-16(4-8-18)14-28(26,27)24-11-1-2-17(13-24)20(25)23-12-15-5-9-19(22)10-6-15/h3-10,17H,1-2,11-14H2,(H,23,25)/t17-/m0/s1. The highest BCUT2D eigenvalue weighted by Crippen LogP contribution is 2.22. The fraction of sp³-hybridized carbons (Fsp3) is 0.350. The highest BCUT2D eigenvalue weighted by molar-refractivity contribution is 7.88. The smallest absolute Gasteiger partial charge is 0.224 e. The average molecular weight is 425 g/mol. The highest BCUT2D eigenvalue weighted by atomic mass is 35.5. The minimum atomic E-state index is -3.52. The molecule has 0 saturated carbocycles. The van der Waals surface area contributed by atoms with Crippen LogP contribution in [0.25, 0.3) is 0 Å². The topological polar surface area (TPSA) is 66.5 Å². The summed E-state index contributed by atoms with van der Waals surface area (Å²) >= 11 is 5.84. The Morgan fingerprint density at radius 2 is 1.75 bits per heavy atom. The fourth-order valence-corrected chi connectivity index (χ4v) is 4.96. The predicted octanol–water partition coefficient (Wildman–Crippen LogP) is 3.34. The van der Waals surface area contributed by atoms with Crippen molar-refractivity contribution in [2.45, 2.75) is 25.1 Å². The van der Waals surface area contributed by atoms with Crippen LogP contribution in [-0.4, -0.2) is 31.7 Å². The molecule has 1 N–H and O–H groups in total. The van der Waals surface area contributed by atoms with Crippen LogP contribution in [0.15, 0.2) is 48.5 Å². The van der Waals surface area contributed by atoms with Gasteiger partial charge in [-0.05, 0) is 48.2 Å². The molecule has 28 heavy (non-hydrogen) atoms. The van der Waals surface area contributed by atoms with Crippen molar-refractivity contribution in [1.29, 1.82) is 0 Å². The third-order valence-electron chi connectivity index (χ3n) is 4.79. The summed E-state index contributed by atoms with van der Waals surface area (Å²) in [6, 6.07) is 12.6. The maximum absolute atomic E-state index is 13.0. The summed E-state index contributed by atoms with van der Waals surface area (Å²) in [5, 5.41) is 3.37. The Morgan fingerprint density at radius 1 is 1.11 bits per heavy atom. The van der Waals surface area contributed by atoms with Crippen molar-refractivity contribution in [3.8, 4) is 0 Å². The van der Waals surface area contributed by atoms with E-state index in [1.54, 1.807) is 36.4 Å². The van der Waals surface area contributed by atoms with Crippen molar-refractivity contribution in [3.05, 3.63) is 70.5 Å². The van der Waals surface area contributed by atoms with Crippen molar-refractivity contribution in [2.24, 2.45) is 5.92 Å². The van der Waals surface area contributed by atoms with E-state index in [-0.39, 0.29) is 30.6 Å². The lowest BCUT2D eigenvalue weighted by atomic mass is 9.99. The monoisotopic (exact) mass is 424 g/mol. The highest BCUT2D eigenvalue weighted by Gasteiger charge is 2.32. The van der Waals surface area contributed by atoms with E-state index in [4.69, 9.17) is 11.6 Å². The van der Waals surface area contributed by atoms with E-state index in [0.29, 0.717) is 30.0 Å². The number of halogens is 2. The third-order valence-corrected chi connectivity index (χ3v) is 6.86. The molecular weight excluding hydrogens is 403 g/mol. The first-order chi connectivity index (χ1) is 13.3. The fourth-order valence-electron chi connectivity index (χ4n) is 3.23. The number of sulfonamides is 1. The number of amides is 1. The molecule has 8 heteroatoms. The second-order valence-electron chi connectivity index (χ2n) is 6.92. The van der Waals surface area contributed by atoms with Crippen molar-refractivity contribution >= 4 is 27.5 Å². The van der Waals surface area contributed by atoms with Gasteiger partial charge in [-0.3, -0.25) is 4.79 Å². The van der Waals surface area contributed by atoms with E-state index < -0.39 is 15.9 Å². The van der Waals surface area contributed by atoms with Crippen LogP contribution in [0, 0.1) is 11.7 Å². The van der Waals surface area contributed by atoms with Gasteiger partial charge >= 0.3 is 0 Å². The Morgan fingerprint density at radius 3 is 2.43 bits per heavy atom. The van der Waals surface area contributed by atoms with Gasteiger partial charge in [-0.1, -0.05) is 35.9 Å². The molecule has 1 aliphatic rings. The van der Waals surface area contributed by atoms with Crippen LogP contribution in [0.4, 0.5) is 4.39 Å². The summed E-state index contributed by atoms with van der Waals surface area (Å²) in [4.78, 5) is 12.5. The minimum Gasteiger partial charge on any atom is -0.352 e. The summed E-state index contributed by atoms with van der Waals surface area (Å²) in [6.07, 6.45) is 1.27. The molecule has 0 radical (unpaired) electrons. The molecule has 0 aliphatic carbocycles. The van der Waals surface area contributed by atoms with E-state index >= 15 is 0 Å². The Hall–Kier alpha value is -1.96. The molecule has 0 aromatic heterocycles. The van der Waals surface area contributed by atoms with Crippen LogP contribution < -0.4 is 5.32 Å². The van der Waals surface area contributed by atoms with E-state index in [2.05, 4.69) is 5.32 Å². The number of carbonyl (C=O) groups is 1. The van der Waals surface area contributed by atoms with Crippen LogP contribution >= 0.6 is 11.6 Å². The molecule has 0 bridgehead atoms. The van der Waals surface area contributed by atoms with E-state index in [1.165, 1.54) is 16.4 Å². The number of piperidine rings is 1. The largest absolute Gasteiger partial charge is 0.352 e. The SMILES string of the molecule is O=C(NCc1ccc(F)cc1)[C@H]1CCCN(S(=O)(=O)Cc2ccc(Cl)cc2)C1. The molecule has 1 saturated heterocycles. The first kappa shape index (κ1) is 20.8. The van der Waals surface area contributed by atoms with Crippen molar-refractivity contribution < 1.29 is 17.6 Å². The van der Waals surface area contributed by atoms with E-state index in [1.807, 2.05) is 0 Å². The Labute approximate surface area is 169 Å². The van der Waals surface area contributed by atoms with Gasteiger partial charge in [0.05, 0.1) is 11.7 Å². The van der Waals surface area contributed by atoms with E-state index in [9.17, 15) is 17.6 Å². The lowest BCUT2D eigenvalue weighted by Crippen LogP contribution is -2.45. The predicted molar refractivity (Wildman–Crippen MR) is 107 cm³/mol. The van der Waals surface area contributed by atoms with Gasteiger partial charge in [0, 0.05) is 24.7 Å². The average Bonchev–Trinajstić information content (AvgIpc) is 2.69. The van der Waals surface area contributed by atoms with Gasteiger partial charge in [0.1, 0.15) is 5.82 Å². The molecule has 1 fully saturated rings. The molecule has 1 amide bonds. The number of hydrogen-bond acceptors (Lipinski definition) is 3. The Balaban J connectivity index is 1.58. The zero-order chi connectivity index (χ0) is 20.1. The summed E-state index contributed by atoms with van der Waals surface area (Å²) in [6.45, 7) is 0.871. The maximum Gasteiger partial charge on any atom is 0.224 e. The zero-order valence-corrected chi connectivity index (χ0v) is 16.8. The third kappa shape index (κ3) is 5.53. The number of hydrogen-bond donors (Lipinski definition) is 1. The van der Waals surface area contributed by atoms with Crippen LogP contribution in [0.5, 0.6) is 0 Å². The number of nitrogens with one attached hydrogen (secondary N) is 1. The van der Waals surface area contributed by atoms with Crippen molar-refractivity contribution in [3.63, 3.8) is 0 Å². The molecule has 150 valence electrons. The molecule has 3 rings (SSSR count). The van der Waals surface area contributed by atoms with Crippen LogP contribution in [-0.2, 0) is 27.1 Å². The summed E-state index contributed by atoms with van der Waals surface area (Å²) < 4.78 is 39.8. The lowest BCUT2D eigenvalue weighted by Gasteiger charge is -2.31. The number of benzene rings is 2. The molecule has 1 heterocycles. The van der Waals surface area contributed by atoms with Gasteiger partial charge in [0.2, 0.25) is 15.9 Å². The zero-order valence-electron chi connectivity index (χ0n) is 15.3. The van der Waals surface area contributed by atoms with Gasteiger partial charge < -0.3 is 5.32 Å². The first-order valence-corrected chi connectivity index (χ1v) is 11.1. The number of nitrogens with zero attached hydrogens (tertiary/aromatic N) is 1. The van der Waals surface area contributed by atoms with Gasteiger partial charge in [-0.15, -0.1) is 0 Å². The molecule has 5 nitrogen and oxygen atoms in total. The first-order valence-electron chi connectivity index (χ1n) is 9.08. The summed E-state index contributed by atoms with van der Waals surface area (Å²) in [7, 11) is -3.52. The van der Waals surface area contributed by atoms with Crippen molar-refractivity contribution in [2.75, 3.05) is 13.1 Å². The molecule has 0 unspecified atom stereocenters.